The molecule has 0 aromatic carbocycles. The molecule has 1 aromatic heterocycles. The number of hydrogen-bond donors (Lipinski definition) is 1. The van der Waals surface area contributed by atoms with Crippen molar-refractivity contribution < 1.29 is 0 Å². The molecule has 2 N–H and O–H groups in total. The van der Waals surface area contributed by atoms with E-state index < -0.39 is 0 Å². The zero-order valence-electron chi connectivity index (χ0n) is 12.4. The van der Waals surface area contributed by atoms with Gasteiger partial charge < -0.3 is 15.5 Å². The summed E-state index contributed by atoms with van der Waals surface area (Å²) in [5, 5.41) is 0. The molecule has 0 saturated carbocycles. The summed E-state index contributed by atoms with van der Waals surface area (Å²) < 4.78 is 0. The lowest BCUT2D eigenvalue weighted by molar-refractivity contribution is 0.249. The normalized spacial score (nSPS) is 17.5. The van der Waals surface area contributed by atoms with Crippen LogP contribution in [0, 0.1) is 0 Å². The van der Waals surface area contributed by atoms with Crippen LogP contribution in [0.2, 0.25) is 0 Å². The smallest absolute Gasteiger partial charge is 0.135 e. The first-order chi connectivity index (χ1) is 8.97. The maximum absolute atomic E-state index is 5.89. The van der Waals surface area contributed by atoms with E-state index in [-0.39, 0.29) is 0 Å². The summed E-state index contributed by atoms with van der Waals surface area (Å²) in [6, 6.07) is 2.57. The van der Waals surface area contributed by atoms with Crippen LogP contribution in [0.15, 0.2) is 6.07 Å². The van der Waals surface area contributed by atoms with E-state index in [1.807, 2.05) is 6.07 Å². The monoisotopic (exact) mass is 263 g/mol. The minimum absolute atomic E-state index is 0.307. The largest absolute Gasteiger partial charge is 0.384 e. The summed E-state index contributed by atoms with van der Waals surface area (Å²) in [6.45, 7) is 6.27. The third-order valence-corrected chi connectivity index (χ3v) is 3.78. The van der Waals surface area contributed by atoms with Gasteiger partial charge in [0.25, 0.3) is 0 Å². The molecule has 0 aliphatic carbocycles. The van der Waals surface area contributed by atoms with Gasteiger partial charge in [0.15, 0.2) is 0 Å². The van der Waals surface area contributed by atoms with Crippen molar-refractivity contribution in [3.05, 3.63) is 11.9 Å². The molecule has 5 heteroatoms. The summed E-state index contributed by atoms with van der Waals surface area (Å²) in [5.41, 5.74) is 5.89. The Kier molecular flexibility index (Phi) is 4.24. The fourth-order valence-corrected chi connectivity index (χ4v) is 2.50. The Morgan fingerprint density at radius 1 is 1.26 bits per heavy atom. The van der Waals surface area contributed by atoms with Crippen LogP contribution >= 0.6 is 0 Å². The fourth-order valence-electron chi connectivity index (χ4n) is 2.50. The van der Waals surface area contributed by atoms with Gasteiger partial charge in [0, 0.05) is 31.1 Å². The lowest BCUT2D eigenvalue weighted by Crippen LogP contribution is -2.42. The van der Waals surface area contributed by atoms with Crippen LogP contribution < -0.4 is 10.6 Å². The number of rotatable bonds is 3. The molecule has 0 spiro atoms. The van der Waals surface area contributed by atoms with E-state index in [9.17, 15) is 0 Å². The number of hydrogen-bond acceptors (Lipinski definition) is 5. The van der Waals surface area contributed by atoms with Crippen molar-refractivity contribution in [2.45, 2.75) is 38.6 Å². The lowest BCUT2D eigenvalue weighted by atomic mass is 10.0. The standard InChI is InChI=1S/C14H25N5/c1-10(2)14-16-12(15)9-13(17-14)19-7-5-11(6-8-19)18(3)4/h9-11H,5-8H2,1-4H3,(H2,15,16,17). The van der Waals surface area contributed by atoms with E-state index in [0.717, 1.165) is 24.7 Å². The molecule has 2 rings (SSSR count). The number of anilines is 2. The first-order valence-electron chi connectivity index (χ1n) is 7.03. The van der Waals surface area contributed by atoms with Gasteiger partial charge in [-0.3, -0.25) is 0 Å². The third-order valence-electron chi connectivity index (χ3n) is 3.78. The minimum atomic E-state index is 0.307. The summed E-state index contributed by atoms with van der Waals surface area (Å²) in [5.74, 6) is 2.70. The Labute approximate surface area is 115 Å². The van der Waals surface area contributed by atoms with Crippen LogP contribution in [0.1, 0.15) is 38.4 Å². The highest BCUT2D eigenvalue weighted by atomic mass is 15.2. The first kappa shape index (κ1) is 14.1. The maximum atomic E-state index is 5.89. The predicted octanol–water partition coefficient (Wildman–Crippen LogP) is 1.71. The number of aromatic nitrogens is 2. The predicted molar refractivity (Wildman–Crippen MR) is 79.5 cm³/mol. The molecule has 2 heterocycles. The van der Waals surface area contributed by atoms with E-state index in [0.29, 0.717) is 17.8 Å². The van der Waals surface area contributed by atoms with Crippen LogP contribution in [0.3, 0.4) is 0 Å². The molecule has 1 saturated heterocycles. The van der Waals surface area contributed by atoms with Gasteiger partial charge in [-0.25, -0.2) is 9.97 Å². The van der Waals surface area contributed by atoms with Gasteiger partial charge >= 0.3 is 0 Å². The van der Waals surface area contributed by atoms with Gasteiger partial charge in [-0.1, -0.05) is 13.8 Å². The highest BCUT2D eigenvalue weighted by Crippen LogP contribution is 2.23. The quantitative estimate of drug-likeness (QED) is 0.899. The Hall–Kier alpha value is -1.36. The Balaban J connectivity index is 2.11. The maximum Gasteiger partial charge on any atom is 0.135 e. The van der Waals surface area contributed by atoms with Gasteiger partial charge in [0.1, 0.15) is 17.5 Å². The molecule has 1 aliphatic heterocycles. The van der Waals surface area contributed by atoms with Crippen molar-refractivity contribution in [3.8, 4) is 0 Å². The second-order valence-electron chi connectivity index (χ2n) is 5.85. The molecule has 0 unspecified atom stereocenters. The van der Waals surface area contributed by atoms with Gasteiger partial charge in [0.2, 0.25) is 0 Å². The molecule has 19 heavy (non-hydrogen) atoms. The van der Waals surface area contributed by atoms with Gasteiger partial charge in [0.05, 0.1) is 0 Å². The second kappa shape index (κ2) is 5.74. The SMILES string of the molecule is CC(C)c1nc(N)cc(N2CCC(N(C)C)CC2)n1. The van der Waals surface area contributed by atoms with Crippen LogP contribution in [-0.2, 0) is 0 Å². The summed E-state index contributed by atoms with van der Waals surface area (Å²) in [4.78, 5) is 13.6. The molecule has 1 aromatic rings. The van der Waals surface area contributed by atoms with Crippen molar-refractivity contribution in [2.75, 3.05) is 37.8 Å². The van der Waals surface area contributed by atoms with E-state index in [1.54, 1.807) is 0 Å². The highest BCUT2D eigenvalue weighted by Gasteiger charge is 2.22. The van der Waals surface area contributed by atoms with Gasteiger partial charge in [-0.05, 0) is 26.9 Å². The lowest BCUT2D eigenvalue weighted by Gasteiger charge is -2.36. The Morgan fingerprint density at radius 3 is 2.42 bits per heavy atom. The molecular weight excluding hydrogens is 238 g/mol. The van der Waals surface area contributed by atoms with E-state index >= 15 is 0 Å². The van der Waals surface area contributed by atoms with Crippen LogP contribution in [0.4, 0.5) is 11.6 Å². The summed E-state index contributed by atoms with van der Waals surface area (Å²) >= 11 is 0. The van der Waals surface area contributed by atoms with Crippen molar-refractivity contribution >= 4 is 11.6 Å². The molecule has 0 radical (unpaired) electrons. The highest BCUT2D eigenvalue weighted by molar-refractivity contribution is 5.47. The van der Waals surface area contributed by atoms with E-state index in [2.05, 4.69) is 47.7 Å². The van der Waals surface area contributed by atoms with E-state index in [1.165, 1.54) is 12.8 Å². The molecule has 0 amide bonds. The molecule has 0 atom stereocenters. The fraction of sp³-hybridized carbons (Fsp3) is 0.714. The Bertz CT molecular complexity index is 422. The van der Waals surface area contributed by atoms with Crippen molar-refractivity contribution in [2.24, 2.45) is 0 Å². The van der Waals surface area contributed by atoms with E-state index in [4.69, 9.17) is 5.73 Å². The molecule has 0 bridgehead atoms. The number of nitrogen functional groups attached to an aromatic ring is 1. The number of nitrogens with two attached hydrogens (primary N) is 1. The van der Waals surface area contributed by atoms with Crippen molar-refractivity contribution in [3.63, 3.8) is 0 Å². The molecule has 1 fully saturated rings. The summed E-state index contributed by atoms with van der Waals surface area (Å²) in [6.07, 6.45) is 2.35. The van der Waals surface area contributed by atoms with Crippen LogP contribution in [-0.4, -0.2) is 48.1 Å². The number of piperidine rings is 1. The third kappa shape index (κ3) is 3.35. The zero-order valence-corrected chi connectivity index (χ0v) is 12.4. The van der Waals surface area contributed by atoms with Crippen molar-refractivity contribution in [1.29, 1.82) is 0 Å². The van der Waals surface area contributed by atoms with Gasteiger partial charge in [-0.15, -0.1) is 0 Å². The molecular formula is C14H25N5. The average molecular weight is 263 g/mol. The first-order valence-corrected chi connectivity index (χ1v) is 7.03. The molecule has 1 aliphatic rings. The average Bonchev–Trinajstić information content (AvgIpc) is 2.38. The zero-order chi connectivity index (χ0) is 14.0. The number of nitrogens with zero attached hydrogens (tertiary/aromatic N) is 4. The van der Waals surface area contributed by atoms with Crippen LogP contribution in [0.5, 0.6) is 0 Å². The Morgan fingerprint density at radius 2 is 1.89 bits per heavy atom. The molecule has 106 valence electrons. The van der Waals surface area contributed by atoms with Gasteiger partial charge in [-0.2, -0.15) is 0 Å². The summed E-state index contributed by atoms with van der Waals surface area (Å²) in [7, 11) is 4.31. The van der Waals surface area contributed by atoms with Crippen LogP contribution in [0.25, 0.3) is 0 Å². The second-order valence-corrected chi connectivity index (χ2v) is 5.85. The molecule has 5 nitrogen and oxygen atoms in total. The van der Waals surface area contributed by atoms with Crippen molar-refractivity contribution in [1.82, 2.24) is 14.9 Å². The minimum Gasteiger partial charge on any atom is -0.384 e. The topological polar surface area (TPSA) is 58.3 Å².